The molecule has 5 rings (SSSR count). The second kappa shape index (κ2) is 7.21. The summed E-state index contributed by atoms with van der Waals surface area (Å²) in [4.78, 5) is 25.6. The first kappa shape index (κ1) is 19.3. The normalized spacial score (nSPS) is 11.4. The maximum Gasteiger partial charge on any atom is 0.256 e. The highest BCUT2D eigenvalue weighted by Gasteiger charge is 2.18. The zero-order valence-corrected chi connectivity index (χ0v) is 17.9. The Hall–Kier alpha value is -3.71. The number of hydrogen-bond acceptors (Lipinski definition) is 4. The molecule has 0 aliphatic heterocycles. The van der Waals surface area contributed by atoms with E-state index in [9.17, 15) is 4.79 Å². The molecule has 0 unspecified atom stereocenters. The van der Waals surface area contributed by atoms with Gasteiger partial charge < -0.3 is 10.3 Å². The highest BCUT2D eigenvalue weighted by atomic mass is 35.5. The summed E-state index contributed by atoms with van der Waals surface area (Å²) in [6.07, 6.45) is 0. The molecule has 7 nitrogen and oxygen atoms in total. The number of hydrogen-bond donors (Lipinski definition) is 2. The number of nitrogens with zero attached hydrogens (tertiary/aromatic N) is 4. The SMILES string of the molecule is Cc1cc(C(=O)Nc2ccc3nc(-c4ccccc4Cl)[nH]c3c2)c2c(C)nn(C)c2n1. The molecule has 8 heteroatoms. The van der Waals surface area contributed by atoms with Crippen molar-refractivity contribution in [1.82, 2.24) is 24.7 Å². The zero-order chi connectivity index (χ0) is 21.7. The molecule has 2 N–H and O–H groups in total. The second-order valence-electron chi connectivity index (χ2n) is 7.47. The molecule has 0 saturated heterocycles. The van der Waals surface area contributed by atoms with E-state index in [0.29, 0.717) is 27.7 Å². The topological polar surface area (TPSA) is 88.5 Å². The van der Waals surface area contributed by atoms with E-state index in [1.807, 2.05) is 63.4 Å². The Morgan fingerprint density at radius 1 is 1.10 bits per heavy atom. The molecule has 1 amide bonds. The first-order valence-corrected chi connectivity index (χ1v) is 10.2. The molecule has 2 aromatic carbocycles. The highest BCUT2D eigenvalue weighted by Crippen LogP contribution is 2.28. The Morgan fingerprint density at radius 2 is 1.90 bits per heavy atom. The number of aryl methyl sites for hydroxylation is 3. The minimum absolute atomic E-state index is 0.211. The molecule has 0 bridgehead atoms. The maximum absolute atomic E-state index is 13.1. The van der Waals surface area contributed by atoms with Crippen LogP contribution >= 0.6 is 11.6 Å². The Morgan fingerprint density at radius 3 is 2.71 bits per heavy atom. The van der Waals surface area contributed by atoms with Crippen molar-refractivity contribution in [3.05, 3.63) is 70.5 Å². The molecular weight excluding hydrogens is 412 g/mol. The van der Waals surface area contributed by atoms with Crippen LogP contribution in [0.25, 0.3) is 33.5 Å². The number of benzene rings is 2. The zero-order valence-electron chi connectivity index (χ0n) is 17.2. The van der Waals surface area contributed by atoms with Gasteiger partial charge in [-0.25, -0.2) is 9.97 Å². The number of amides is 1. The molecule has 0 radical (unpaired) electrons. The fourth-order valence-corrected chi connectivity index (χ4v) is 4.04. The standard InChI is InChI=1S/C23H19ClN6O/c1-12-10-16(20-13(2)29-30(3)22(20)25-12)23(31)26-14-8-9-18-19(11-14)28-21(27-18)15-6-4-5-7-17(15)24/h4-11H,1-3H3,(H,26,31)(H,27,28). The van der Waals surface area contributed by atoms with Gasteiger partial charge in [-0.1, -0.05) is 23.7 Å². The van der Waals surface area contributed by atoms with Crippen molar-refractivity contribution in [3.63, 3.8) is 0 Å². The highest BCUT2D eigenvalue weighted by molar-refractivity contribution is 6.33. The number of rotatable bonds is 3. The van der Waals surface area contributed by atoms with Crippen LogP contribution in [-0.4, -0.2) is 30.6 Å². The number of nitrogens with one attached hydrogen (secondary N) is 2. The van der Waals surface area contributed by atoms with E-state index >= 15 is 0 Å². The summed E-state index contributed by atoms with van der Waals surface area (Å²) in [5.41, 5.74) is 5.85. The lowest BCUT2D eigenvalue weighted by molar-refractivity contribution is 0.102. The van der Waals surface area contributed by atoms with Crippen molar-refractivity contribution < 1.29 is 4.79 Å². The van der Waals surface area contributed by atoms with Crippen LogP contribution in [0.5, 0.6) is 0 Å². The summed E-state index contributed by atoms with van der Waals surface area (Å²) in [5.74, 6) is 0.471. The predicted molar refractivity (Wildman–Crippen MR) is 122 cm³/mol. The van der Waals surface area contributed by atoms with E-state index in [1.54, 1.807) is 10.7 Å². The fourth-order valence-electron chi connectivity index (χ4n) is 3.82. The molecule has 0 atom stereocenters. The van der Waals surface area contributed by atoms with Gasteiger partial charge >= 0.3 is 0 Å². The summed E-state index contributed by atoms with van der Waals surface area (Å²) in [6, 6.07) is 14.9. The van der Waals surface area contributed by atoms with Crippen molar-refractivity contribution in [2.75, 3.05) is 5.32 Å². The van der Waals surface area contributed by atoms with Crippen LogP contribution in [0.15, 0.2) is 48.5 Å². The lowest BCUT2D eigenvalue weighted by Crippen LogP contribution is -2.13. The third kappa shape index (κ3) is 3.33. The Balaban J connectivity index is 1.51. The first-order chi connectivity index (χ1) is 14.9. The maximum atomic E-state index is 13.1. The molecule has 31 heavy (non-hydrogen) atoms. The molecule has 0 saturated carbocycles. The number of H-pyrrole nitrogens is 1. The second-order valence-corrected chi connectivity index (χ2v) is 7.88. The number of aromatic nitrogens is 5. The molecule has 0 spiro atoms. The van der Waals surface area contributed by atoms with Gasteiger partial charge in [-0.05, 0) is 50.2 Å². The monoisotopic (exact) mass is 430 g/mol. The lowest BCUT2D eigenvalue weighted by atomic mass is 10.1. The van der Waals surface area contributed by atoms with Gasteiger partial charge in [0.1, 0.15) is 5.82 Å². The van der Waals surface area contributed by atoms with E-state index in [0.717, 1.165) is 33.4 Å². The smallest absolute Gasteiger partial charge is 0.256 e. The number of anilines is 1. The molecule has 0 fully saturated rings. The number of halogens is 1. The molecule has 154 valence electrons. The van der Waals surface area contributed by atoms with Gasteiger partial charge in [0.25, 0.3) is 5.91 Å². The average molecular weight is 431 g/mol. The average Bonchev–Trinajstić information content (AvgIpc) is 3.28. The van der Waals surface area contributed by atoms with Crippen LogP contribution in [-0.2, 0) is 7.05 Å². The van der Waals surface area contributed by atoms with Crippen LogP contribution in [0.3, 0.4) is 0 Å². The summed E-state index contributed by atoms with van der Waals surface area (Å²) >= 11 is 6.30. The summed E-state index contributed by atoms with van der Waals surface area (Å²) < 4.78 is 1.70. The van der Waals surface area contributed by atoms with Crippen molar-refractivity contribution in [1.29, 1.82) is 0 Å². The van der Waals surface area contributed by atoms with Crippen LogP contribution in [0, 0.1) is 13.8 Å². The van der Waals surface area contributed by atoms with E-state index < -0.39 is 0 Å². The van der Waals surface area contributed by atoms with Gasteiger partial charge in [0.05, 0.1) is 32.7 Å². The Labute approximate surface area is 183 Å². The largest absolute Gasteiger partial charge is 0.338 e. The molecule has 3 heterocycles. The summed E-state index contributed by atoms with van der Waals surface area (Å²) in [6.45, 7) is 3.74. The third-order valence-corrected chi connectivity index (χ3v) is 5.54. The number of aromatic amines is 1. The van der Waals surface area contributed by atoms with Crippen LogP contribution in [0.2, 0.25) is 5.02 Å². The van der Waals surface area contributed by atoms with Crippen molar-refractivity contribution in [3.8, 4) is 11.4 Å². The van der Waals surface area contributed by atoms with Gasteiger partial charge in [0.2, 0.25) is 0 Å². The van der Waals surface area contributed by atoms with Crippen LogP contribution in [0.4, 0.5) is 5.69 Å². The van der Waals surface area contributed by atoms with Crippen molar-refractivity contribution in [2.24, 2.45) is 7.05 Å². The number of carbonyl (C=O) groups excluding carboxylic acids is 1. The fraction of sp³-hybridized carbons (Fsp3) is 0.130. The Bertz CT molecular complexity index is 1480. The summed E-state index contributed by atoms with van der Waals surface area (Å²) in [5, 5.41) is 8.78. The van der Waals surface area contributed by atoms with E-state index in [2.05, 4.69) is 25.4 Å². The number of fused-ring (bicyclic) bond motifs is 2. The molecule has 3 aromatic heterocycles. The number of imidazole rings is 1. The molecule has 0 aliphatic carbocycles. The molecule has 5 aromatic rings. The van der Waals surface area contributed by atoms with Gasteiger partial charge in [-0.2, -0.15) is 5.10 Å². The van der Waals surface area contributed by atoms with Gasteiger partial charge in [-0.15, -0.1) is 0 Å². The molecular formula is C23H19ClN6O. The minimum Gasteiger partial charge on any atom is -0.338 e. The number of pyridine rings is 1. The third-order valence-electron chi connectivity index (χ3n) is 5.21. The van der Waals surface area contributed by atoms with Crippen molar-refractivity contribution >= 4 is 45.3 Å². The lowest BCUT2D eigenvalue weighted by Gasteiger charge is -2.08. The van der Waals surface area contributed by atoms with Gasteiger partial charge in [0, 0.05) is 24.0 Å². The van der Waals surface area contributed by atoms with E-state index in [4.69, 9.17) is 11.6 Å². The number of carbonyl (C=O) groups is 1. The van der Waals surface area contributed by atoms with Crippen LogP contribution < -0.4 is 5.32 Å². The Kier molecular flexibility index (Phi) is 4.48. The van der Waals surface area contributed by atoms with Gasteiger partial charge in [-0.3, -0.25) is 9.48 Å². The van der Waals surface area contributed by atoms with Gasteiger partial charge in [0.15, 0.2) is 5.65 Å². The first-order valence-electron chi connectivity index (χ1n) is 9.77. The quantitative estimate of drug-likeness (QED) is 0.420. The van der Waals surface area contributed by atoms with E-state index in [-0.39, 0.29) is 5.91 Å². The van der Waals surface area contributed by atoms with Crippen LogP contribution in [0.1, 0.15) is 21.7 Å². The minimum atomic E-state index is -0.211. The van der Waals surface area contributed by atoms with Crippen molar-refractivity contribution in [2.45, 2.75) is 13.8 Å². The molecule has 0 aliphatic rings. The predicted octanol–water partition coefficient (Wildman–Crippen LogP) is 5.03. The van der Waals surface area contributed by atoms with E-state index in [1.165, 1.54) is 0 Å². The summed E-state index contributed by atoms with van der Waals surface area (Å²) in [7, 11) is 1.83.